The fraction of sp³-hybridized carbons (Fsp3) is 0.625. The van der Waals surface area contributed by atoms with Gasteiger partial charge >= 0.3 is 6.18 Å². The molecule has 1 aliphatic heterocycles. The average molecular weight is 453 g/mol. The highest BCUT2D eigenvalue weighted by Gasteiger charge is 2.44. The number of carbonyl (C=O) groups excluding carboxylic acids is 1. The Morgan fingerprint density at radius 1 is 1.12 bits per heavy atom. The number of benzene rings is 1. The molecule has 1 amide bonds. The van der Waals surface area contributed by atoms with E-state index in [1.807, 2.05) is 18.4 Å². The highest BCUT2D eigenvalue weighted by atomic mass is 19.4. The molecule has 1 unspecified atom stereocenters. The summed E-state index contributed by atoms with van der Waals surface area (Å²) in [6.07, 6.45) is 0.472. The van der Waals surface area contributed by atoms with E-state index in [4.69, 9.17) is 9.52 Å². The maximum Gasteiger partial charge on any atom is 0.423 e. The number of alkyl halides is 3. The molecule has 176 valence electrons. The van der Waals surface area contributed by atoms with E-state index in [0.717, 1.165) is 57.3 Å². The lowest BCUT2D eigenvalue weighted by molar-refractivity contribution is -0.205. The number of rotatable bonds is 6. The zero-order valence-corrected chi connectivity index (χ0v) is 18.1. The van der Waals surface area contributed by atoms with Crippen molar-refractivity contribution in [2.45, 2.75) is 69.2 Å². The van der Waals surface area contributed by atoms with Crippen LogP contribution in [0.15, 0.2) is 34.9 Å². The number of hydrogen-bond acceptors (Lipinski definition) is 4. The van der Waals surface area contributed by atoms with Gasteiger partial charge in [0.05, 0.1) is 6.26 Å². The van der Waals surface area contributed by atoms with Gasteiger partial charge < -0.3 is 19.7 Å². The number of hydrogen-bond donors (Lipinski definition) is 2. The number of aliphatic hydroxyl groups is 1. The molecule has 32 heavy (non-hydrogen) atoms. The van der Waals surface area contributed by atoms with Gasteiger partial charge in [0.25, 0.3) is 5.91 Å². The molecule has 5 nitrogen and oxygen atoms in total. The van der Waals surface area contributed by atoms with E-state index < -0.39 is 18.2 Å². The van der Waals surface area contributed by atoms with Gasteiger partial charge in [-0.1, -0.05) is 18.2 Å². The number of nitrogens with zero attached hydrogens (tertiary/aromatic N) is 1. The van der Waals surface area contributed by atoms with Gasteiger partial charge in [0.15, 0.2) is 0 Å². The number of amides is 1. The first-order valence-corrected chi connectivity index (χ1v) is 11.5. The molecule has 1 aromatic carbocycles. The molecule has 0 bridgehead atoms. The second-order valence-corrected chi connectivity index (χ2v) is 9.26. The number of para-hydroxylation sites is 1. The van der Waals surface area contributed by atoms with E-state index in [9.17, 15) is 18.0 Å². The number of furan rings is 1. The molecule has 1 atom stereocenters. The minimum atomic E-state index is -4.92. The lowest BCUT2D eigenvalue weighted by Crippen LogP contribution is -2.48. The van der Waals surface area contributed by atoms with Crippen LogP contribution in [0.1, 0.15) is 56.4 Å². The second-order valence-electron chi connectivity index (χ2n) is 9.26. The second kappa shape index (κ2) is 9.83. The first kappa shape index (κ1) is 23.1. The van der Waals surface area contributed by atoms with Crippen LogP contribution >= 0.6 is 0 Å². The number of likely N-dealkylation sites (tertiary alicyclic amines) is 1. The molecular weight excluding hydrogens is 421 g/mol. The first-order chi connectivity index (χ1) is 15.3. The molecule has 8 heteroatoms. The van der Waals surface area contributed by atoms with Crippen LogP contribution in [-0.4, -0.2) is 53.9 Å². The van der Waals surface area contributed by atoms with Crippen LogP contribution in [0.2, 0.25) is 0 Å². The van der Waals surface area contributed by atoms with Crippen molar-refractivity contribution in [2.24, 2.45) is 5.92 Å². The van der Waals surface area contributed by atoms with E-state index in [0.29, 0.717) is 24.7 Å². The lowest BCUT2D eigenvalue weighted by Gasteiger charge is -2.34. The van der Waals surface area contributed by atoms with E-state index >= 15 is 0 Å². The monoisotopic (exact) mass is 452 g/mol. The molecule has 2 aromatic rings. The maximum atomic E-state index is 12.4. The maximum absolute atomic E-state index is 12.4. The summed E-state index contributed by atoms with van der Waals surface area (Å²) in [5.41, 5.74) is 2.26. The van der Waals surface area contributed by atoms with Crippen molar-refractivity contribution >= 4 is 16.9 Å². The largest absolute Gasteiger partial charge is 0.464 e. The Bertz CT molecular complexity index is 897. The number of piperidine rings is 1. The summed E-state index contributed by atoms with van der Waals surface area (Å²) in [7, 11) is 0. The fourth-order valence-electron chi connectivity index (χ4n) is 5.17. The summed E-state index contributed by atoms with van der Waals surface area (Å²) in [6.45, 7) is 3.16. The van der Waals surface area contributed by atoms with Crippen LogP contribution in [0.25, 0.3) is 11.0 Å². The highest BCUT2D eigenvalue weighted by molar-refractivity contribution is 5.82. The summed E-state index contributed by atoms with van der Waals surface area (Å²) >= 11 is 0. The zero-order valence-electron chi connectivity index (χ0n) is 18.1. The van der Waals surface area contributed by atoms with E-state index in [-0.39, 0.29) is 6.04 Å². The molecule has 1 aromatic heterocycles. The van der Waals surface area contributed by atoms with E-state index in [2.05, 4.69) is 22.3 Å². The lowest BCUT2D eigenvalue weighted by atomic mass is 9.83. The molecular formula is C24H31F3N2O3. The van der Waals surface area contributed by atoms with Crippen LogP contribution in [0.3, 0.4) is 0 Å². The Morgan fingerprint density at radius 2 is 1.81 bits per heavy atom. The van der Waals surface area contributed by atoms with E-state index in [1.165, 1.54) is 10.9 Å². The van der Waals surface area contributed by atoms with Crippen LogP contribution in [-0.2, 0) is 4.79 Å². The predicted octanol–water partition coefficient (Wildman–Crippen LogP) is 4.60. The molecule has 1 aliphatic carbocycles. The van der Waals surface area contributed by atoms with Crippen molar-refractivity contribution in [3.63, 3.8) is 0 Å². The van der Waals surface area contributed by atoms with Gasteiger partial charge in [-0.3, -0.25) is 4.79 Å². The van der Waals surface area contributed by atoms with Gasteiger partial charge in [-0.2, -0.15) is 13.2 Å². The third-order valence-electron chi connectivity index (χ3n) is 7.14. The number of aliphatic hydroxyl groups excluding tert-OH is 1. The molecule has 1 saturated heterocycles. The van der Waals surface area contributed by atoms with Gasteiger partial charge in [-0.15, -0.1) is 0 Å². The Balaban J connectivity index is 1.16. The first-order valence-electron chi connectivity index (χ1n) is 11.5. The number of halogens is 3. The summed E-state index contributed by atoms with van der Waals surface area (Å²) in [5, 5.41) is 12.6. The van der Waals surface area contributed by atoms with Crippen molar-refractivity contribution in [3.8, 4) is 0 Å². The minimum absolute atomic E-state index is 0.281. The van der Waals surface area contributed by atoms with Crippen LogP contribution in [0, 0.1) is 5.92 Å². The van der Waals surface area contributed by atoms with Crippen LogP contribution in [0.5, 0.6) is 0 Å². The zero-order chi connectivity index (χ0) is 22.7. The van der Waals surface area contributed by atoms with Crippen molar-refractivity contribution < 1.29 is 27.5 Å². The Morgan fingerprint density at radius 3 is 2.50 bits per heavy atom. The topological polar surface area (TPSA) is 65.7 Å². The van der Waals surface area contributed by atoms with Crippen LogP contribution < -0.4 is 5.32 Å². The molecule has 2 heterocycles. The van der Waals surface area contributed by atoms with Gasteiger partial charge in [0.2, 0.25) is 6.10 Å². The van der Waals surface area contributed by atoms with Gasteiger partial charge in [-0.25, -0.2) is 0 Å². The molecule has 2 N–H and O–H groups in total. The normalized spacial score (nSPS) is 24.5. The molecule has 4 rings (SSSR count). The molecule has 2 fully saturated rings. The SMILES string of the molecule is O=C(N[C@H]1CC[C@H](CCN2CCC(c3coc4ccccc34)CC2)CC1)C(O)C(F)(F)F. The molecule has 2 aliphatic rings. The fourth-order valence-corrected chi connectivity index (χ4v) is 5.17. The number of fused-ring (bicyclic) bond motifs is 1. The summed E-state index contributed by atoms with van der Waals surface area (Å²) in [6, 6.07) is 7.90. The summed E-state index contributed by atoms with van der Waals surface area (Å²) in [5.74, 6) is -0.276. The highest BCUT2D eigenvalue weighted by Crippen LogP contribution is 2.35. The predicted molar refractivity (Wildman–Crippen MR) is 115 cm³/mol. The van der Waals surface area contributed by atoms with E-state index in [1.54, 1.807) is 0 Å². The smallest absolute Gasteiger partial charge is 0.423 e. The van der Waals surface area contributed by atoms with Crippen molar-refractivity contribution in [3.05, 3.63) is 36.1 Å². The molecule has 1 saturated carbocycles. The van der Waals surface area contributed by atoms with Crippen molar-refractivity contribution in [1.82, 2.24) is 10.2 Å². The third kappa shape index (κ3) is 5.46. The van der Waals surface area contributed by atoms with Gasteiger partial charge in [0, 0.05) is 17.0 Å². The molecule has 0 radical (unpaired) electrons. The van der Waals surface area contributed by atoms with Gasteiger partial charge in [0.1, 0.15) is 5.58 Å². The van der Waals surface area contributed by atoms with Crippen LogP contribution in [0.4, 0.5) is 13.2 Å². The van der Waals surface area contributed by atoms with Crippen molar-refractivity contribution in [1.29, 1.82) is 0 Å². The standard InChI is InChI=1S/C24H31F3N2O3/c25-24(26,27)22(30)23(31)28-18-7-5-16(6-8-18)9-12-29-13-10-17(11-14-29)20-15-32-21-4-2-1-3-19(20)21/h1-4,15-18,22,30H,5-14H2,(H,28,31)/t16-,18-,22?. The quantitative estimate of drug-likeness (QED) is 0.672. The van der Waals surface area contributed by atoms with Crippen molar-refractivity contribution in [2.75, 3.05) is 19.6 Å². The summed E-state index contributed by atoms with van der Waals surface area (Å²) < 4.78 is 43.0. The number of carbonyl (C=O) groups is 1. The Hall–Kier alpha value is -2.06. The number of nitrogens with one attached hydrogen (secondary N) is 1. The summed E-state index contributed by atoms with van der Waals surface area (Å²) in [4.78, 5) is 14.1. The third-order valence-corrected chi connectivity index (χ3v) is 7.14. The Kier molecular flexibility index (Phi) is 7.10. The average Bonchev–Trinajstić information content (AvgIpc) is 3.22. The molecule has 0 spiro atoms. The Labute approximate surface area is 185 Å². The van der Waals surface area contributed by atoms with Gasteiger partial charge in [-0.05, 0) is 82.5 Å². The minimum Gasteiger partial charge on any atom is -0.464 e.